The molecule has 1 aliphatic rings. The van der Waals surface area contributed by atoms with Crippen LogP contribution in [0, 0.1) is 11.3 Å². The minimum Gasteiger partial charge on any atom is -0.315 e. The van der Waals surface area contributed by atoms with Crippen LogP contribution in [0.4, 0.5) is 4.79 Å². The average molecular weight is 166 g/mol. The number of urea groups is 1. The van der Waals surface area contributed by atoms with E-state index >= 15 is 0 Å². The van der Waals surface area contributed by atoms with Crippen LogP contribution in [-0.2, 0) is 0 Å². The molecule has 0 aromatic heterocycles. The van der Waals surface area contributed by atoms with Gasteiger partial charge in [0, 0.05) is 12.7 Å². The number of nitrogens with zero attached hydrogens (tertiary/aromatic N) is 2. The first-order valence-electron chi connectivity index (χ1n) is 3.62. The largest absolute Gasteiger partial charge is 0.322 e. The summed E-state index contributed by atoms with van der Waals surface area (Å²) in [6.07, 6.45) is 3.07. The second-order valence-electron chi connectivity index (χ2n) is 2.40. The molecule has 0 aromatic rings. The Bertz CT molecular complexity index is 242. The first kappa shape index (κ1) is 8.56. The fraction of sp³-hybridized carbons (Fsp3) is 0.429. The van der Waals surface area contributed by atoms with Crippen molar-refractivity contribution < 1.29 is 4.79 Å². The van der Waals surface area contributed by atoms with Gasteiger partial charge in [0.25, 0.3) is 0 Å². The smallest absolute Gasteiger partial charge is 0.315 e. The van der Waals surface area contributed by atoms with Crippen LogP contribution in [0.3, 0.4) is 0 Å². The van der Waals surface area contributed by atoms with Crippen LogP contribution in [0.15, 0.2) is 12.3 Å². The molecule has 1 rings (SSSR count). The summed E-state index contributed by atoms with van der Waals surface area (Å²) in [5.74, 6) is 0. The van der Waals surface area contributed by atoms with Crippen LogP contribution in [-0.4, -0.2) is 23.6 Å². The van der Waals surface area contributed by atoms with E-state index < -0.39 is 6.17 Å². The summed E-state index contributed by atoms with van der Waals surface area (Å²) in [5.41, 5.74) is 5.58. The molecule has 1 heterocycles. The van der Waals surface area contributed by atoms with Crippen LogP contribution in [0.2, 0.25) is 0 Å². The molecule has 5 heteroatoms. The van der Waals surface area contributed by atoms with Crippen molar-refractivity contribution in [2.75, 3.05) is 6.54 Å². The Hall–Kier alpha value is -1.54. The maximum absolute atomic E-state index is 11.1. The molecule has 0 saturated carbocycles. The maximum Gasteiger partial charge on any atom is 0.322 e. The predicted octanol–water partition coefficient (Wildman–Crippen LogP) is -0.276. The third kappa shape index (κ3) is 1.74. The first-order valence-corrected chi connectivity index (χ1v) is 3.62. The molecule has 5 nitrogen and oxygen atoms in total. The van der Waals surface area contributed by atoms with E-state index in [1.165, 1.54) is 11.1 Å². The third-order valence-corrected chi connectivity index (χ3v) is 1.59. The number of nitriles is 1. The first-order chi connectivity index (χ1) is 5.75. The zero-order chi connectivity index (χ0) is 8.97. The van der Waals surface area contributed by atoms with Crippen LogP contribution in [0.25, 0.3) is 0 Å². The topological polar surface area (TPSA) is 82.2 Å². The highest BCUT2D eigenvalue weighted by Crippen LogP contribution is 2.01. The monoisotopic (exact) mass is 166 g/mol. The fourth-order valence-corrected chi connectivity index (χ4v) is 0.961. The molecule has 0 aliphatic carbocycles. The Balaban J connectivity index is 2.55. The molecule has 3 N–H and O–H groups in total. The van der Waals surface area contributed by atoms with Gasteiger partial charge in [-0.15, -0.1) is 0 Å². The van der Waals surface area contributed by atoms with Crippen molar-refractivity contribution in [3.63, 3.8) is 0 Å². The third-order valence-electron chi connectivity index (χ3n) is 1.59. The van der Waals surface area contributed by atoms with Gasteiger partial charge >= 0.3 is 6.03 Å². The number of amides is 2. The van der Waals surface area contributed by atoms with Crippen LogP contribution in [0.1, 0.15) is 6.42 Å². The van der Waals surface area contributed by atoms with Crippen molar-refractivity contribution in [2.24, 2.45) is 5.73 Å². The number of nitrogens with two attached hydrogens (primary N) is 1. The molecule has 0 radical (unpaired) electrons. The van der Waals surface area contributed by atoms with Crippen molar-refractivity contribution >= 4 is 6.03 Å². The van der Waals surface area contributed by atoms with E-state index in [1.54, 1.807) is 6.08 Å². The molecule has 1 unspecified atom stereocenters. The van der Waals surface area contributed by atoms with Gasteiger partial charge in [-0.05, 0) is 6.08 Å². The Morgan fingerprint density at radius 2 is 2.58 bits per heavy atom. The number of carbonyl (C=O) groups excluding carboxylic acids is 1. The molecule has 0 fully saturated rings. The van der Waals surface area contributed by atoms with Crippen molar-refractivity contribution in [1.82, 2.24) is 10.2 Å². The summed E-state index contributed by atoms with van der Waals surface area (Å²) >= 11 is 0. The molecule has 2 amide bonds. The second kappa shape index (κ2) is 3.74. The van der Waals surface area contributed by atoms with E-state index in [1.807, 2.05) is 6.07 Å². The zero-order valence-corrected chi connectivity index (χ0v) is 6.53. The second-order valence-corrected chi connectivity index (χ2v) is 2.40. The van der Waals surface area contributed by atoms with Crippen molar-refractivity contribution in [3.8, 4) is 6.07 Å². The Kier molecular flexibility index (Phi) is 2.66. The lowest BCUT2D eigenvalue weighted by Crippen LogP contribution is -2.51. The number of carbonyl (C=O) groups is 1. The molecule has 0 spiro atoms. The summed E-state index contributed by atoms with van der Waals surface area (Å²) in [7, 11) is 0. The summed E-state index contributed by atoms with van der Waals surface area (Å²) < 4.78 is 0. The molecular weight excluding hydrogens is 156 g/mol. The fourth-order valence-electron chi connectivity index (χ4n) is 0.961. The van der Waals surface area contributed by atoms with Crippen LogP contribution >= 0.6 is 0 Å². The van der Waals surface area contributed by atoms with Gasteiger partial charge in [0.1, 0.15) is 6.17 Å². The zero-order valence-electron chi connectivity index (χ0n) is 6.53. The lowest BCUT2D eigenvalue weighted by Gasteiger charge is -2.28. The minimum absolute atomic E-state index is 0.250. The van der Waals surface area contributed by atoms with E-state index in [9.17, 15) is 4.79 Å². The quantitative estimate of drug-likeness (QED) is 0.592. The van der Waals surface area contributed by atoms with E-state index in [-0.39, 0.29) is 6.03 Å². The van der Waals surface area contributed by atoms with Gasteiger partial charge in [0.05, 0.1) is 12.5 Å². The highest BCUT2D eigenvalue weighted by atomic mass is 16.2. The van der Waals surface area contributed by atoms with Gasteiger partial charge in [-0.1, -0.05) is 0 Å². The molecule has 1 aliphatic heterocycles. The standard InChI is InChI=1S/C7H10N4O/c8-3-1-5-11-6(9)2-4-10-7(11)12/h2,4,6H,1,5,9H2,(H,10,12). The minimum atomic E-state index is -0.410. The lowest BCUT2D eigenvalue weighted by atomic mass is 10.3. The number of hydrogen-bond acceptors (Lipinski definition) is 3. The molecule has 64 valence electrons. The number of rotatable bonds is 2. The average Bonchev–Trinajstić information content (AvgIpc) is 2.04. The highest BCUT2D eigenvalue weighted by molar-refractivity contribution is 5.76. The number of hydrogen-bond donors (Lipinski definition) is 2. The summed E-state index contributed by atoms with van der Waals surface area (Å²) in [5, 5.41) is 10.8. The lowest BCUT2D eigenvalue weighted by molar-refractivity contribution is 0.187. The summed E-state index contributed by atoms with van der Waals surface area (Å²) in [6, 6.07) is 1.71. The van der Waals surface area contributed by atoms with Gasteiger partial charge < -0.3 is 16.0 Å². The Morgan fingerprint density at radius 3 is 3.17 bits per heavy atom. The van der Waals surface area contributed by atoms with Crippen LogP contribution < -0.4 is 11.1 Å². The molecule has 0 aromatic carbocycles. The molecule has 12 heavy (non-hydrogen) atoms. The van der Waals surface area contributed by atoms with Gasteiger partial charge in [0.15, 0.2) is 0 Å². The van der Waals surface area contributed by atoms with E-state index in [0.29, 0.717) is 13.0 Å². The van der Waals surface area contributed by atoms with E-state index in [4.69, 9.17) is 11.0 Å². The predicted molar refractivity (Wildman–Crippen MR) is 42.6 cm³/mol. The highest BCUT2D eigenvalue weighted by Gasteiger charge is 2.20. The van der Waals surface area contributed by atoms with Gasteiger partial charge in [-0.25, -0.2) is 4.79 Å². The van der Waals surface area contributed by atoms with Gasteiger partial charge in [-0.2, -0.15) is 5.26 Å². The van der Waals surface area contributed by atoms with Crippen LogP contribution in [0.5, 0.6) is 0 Å². The molecule has 1 atom stereocenters. The summed E-state index contributed by atoms with van der Waals surface area (Å²) in [4.78, 5) is 12.5. The van der Waals surface area contributed by atoms with E-state index in [0.717, 1.165) is 0 Å². The number of nitrogens with one attached hydrogen (secondary N) is 1. The van der Waals surface area contributed by atoms with E-state index in [2.05, 4.69) is 5.32 Å². The summed E-state index contributed by atoms with van der Waals surface area (Å²) in [6.45, 7) is 0.369. The molecule has 0 saturated heterocycles. The van der Waals surface area contributed by atoms with Gasteiger partial charge in [0.2, 0.25) is 0 Å². The van der Waals surface area contributed by atoms with Crippen molar-refractivity contribution in [1.29, 1.82) is 5.26 Å². The van der Waals surface area contributed by atoms with Gasteiger partial charge in [-0.3, -0.25) is 0 Å². The molecule has 0 bridgehead atoms. The SMILES string of the molecule is N#CCCN1C(=O)NC=CC1N. The van der Waals surface area contributed by atoms with Crippen molar-refractivity contribution in [2.45, 2.75) is 12.6 Å². The Morgan fingerprint density at radius 1 is 1.83 bits per heavy atom. The normalized spacial score (nSPS) is 21.8. The van der Waals surface area contributed by atoms with Crippen molar-refractivity contribution in [3.05, 3.63) is 12.3 Å². The maximum atomic E-state index is 11.1. The Labute approximate surface area is 70.4 Å². The molecular formula is C7H10N4O.